The van der Waals surface area contributed by atoms with E-state index >= 15 is 0 Å². The summed E-state index contributed by atoms with van der Waals surface area (Å²) in [5.41, 5.74) is 0.485. The van der Waals surface area contributed by atoms with Gasteiger partial charge in [0.1, 0.15) is 5.75 Å². The molecule has 0 radical (unpaired) electrons. The number of aliphatic imine (C=N–C) groups is 1. The van der Waals surface area contributed by atoms with Gasteiger partial charge < -0.3 is 25.4 Å². The van der Waals surface area contributed by atoms with Crippen molar-refractivity contribution < 1.29 is 23.0 Å². The van der Waals surface area contributed by atoms with E-state index in [1.165, 1.54) is 49.9 Å². The van der Waals surface area contributed by atoms with Gasteiger partial charge in [-0.2, -0.15) is 0 Å². The summed E-state index contributed by atoms with van der Waals surface area (Å²) in [5.74, 6) is 0.337. The van der Waals surface area contributed by atoms with Gasteiger partial charge in [0, 0.05) is 31.7 Å². The van der Waals surface area contributed by atoms with Gasteiger partial charge in [-0.15, -0.1) is 37.1 Å². The van der Waals surface area contributed by atoms with Gasteiger partial charge >= 0.3 is 6.36 Å². The van der Waals surface area contributed by atoms with Crippen LogP contribution < -0.4 is 15.4 Å². The molecule has 10 heteroatoms. The minimum Gasteiger partial charge on any atom is -0.406 e. The Bertz CT molecular complexity index is 704. The molecule has 1 aromatic carbocycles. The zero-order chi connectivity index (χ0) is 22.3. The second-order valence-corrected chi connectivity index (χ2v) is 8.25. The van der Waals surface area contributed by atoms with Crippen LogP contribution in [0.4, 0.5) is 13.2 Å². The predicted octanol–water partition coefficient (Wildman–Crippen LogP) is 4.20. The average Bonchev–Trinajstić information content (AvgIpc) is 3.27. The van der Waals surface area contributed by atoms with Gasteiger partial charge in [0.05, 0.1) is 12.6 Å². The number of ether oxygens (including phenoxy) is 1. The van der Waals surface area contributed by atoms with E-state index in [1.807, 2.05) is 6.92 Å². The van der Waals surface area contributed by atoms with E-state index in [4.69, 9.17) is 0 Å². The first kappa shape index (κ1) is 27.0. The standard InChI is InChI=1S/C22H33F3N4O2.HI/c1-2-26-21(28-17-11-13-29(14-12-17)18-5-3-4-6-18)27-15-20(30)16-7-9-19(10-8-16)31-22(23,24)25;/h7-10,17-18,20,30H,2-6,11-15H2,1H3,(H2,26,27,28);1H. The highest BCUT2D eigenvalue weighted by Crippen LogP contribution is 2.26. The van der Waals surface area contributed by atoms with Gasteiger partial charge in [0.15, 0.2) is 5.96 Å². The third-order valence-corrected chi connectivity index (χ3v) is 5.98. The molecule has 6 nitrogen and oxygen atoms in total. The maximum atomic E-state index is 12.3. The number of likely N-dealkylation sites (tertiary alicyclic amines) is 1. The predicted molar refractivity (Wildman–Crippen MR) is 129 cm³/mol. The zero-order valence-corrected chi connectivity index (χ0v) is 20.7. The van der Waals surface area contributed by atoms with E-state index in [2.05, 4.69) is 25.3 Å². The number of guanidine groups is 1. The van der Waals surface area contributed by atoms with Crippen LogP contribution in [0.15, 0.2) is 29.3 Å². The molecular weight excluding hydrogens is 536 g/mol. The fourth-order valence-electron chi connectivity index (χ4n) is 4.37. The van der Waals surface area contributed by atoms with Crippen molar-refractivity contribution in [3.05, 3.63) is 29.8 Å². The fourth-order valence-corrected chi connectivity index (χ4v) is 4.37. The van der Waals surface area contributed by atoms with Crippen LogP contribution in [0.2, 0.25) is 0 Å². The van der Waals surface area contributed by atoms with E-state index in [9.17, 15) is 18.3 Å². The minimum absolute atomic E-state index is 0. The van der Waals surface area contributed by atoms with Crippen LogP contribution in [0.25, 0.3) is 0 Å². The third kappa shape index (κ3) is 8.58. The first-order valence-electron chi connectivity index (χ1n) is 11.2. The lowest BCUT2D eigenvalue weighted by Crippen LogP contribution is -2.50. The molecule has 182 valence electrons. The van der Waals surface area contributed by atoms with Gasteiger partial charge in [-0.05, 0) is 50.3 Å². The quantitative estimate of drug-likeness (QED) is 0.261. The normalized spacial score (nSPS) is 20.0. The highest BCUT2D eigenvalue weighted by molar-refractivity contribution is 14.0. The molecule has 1 saturated heterocycles. The maximum Gasteiger partial charge on any atom is 0.573 e. The molecule has 0 amide bonds. The Kier molecular flexibility index (Phi) is 10.8. The summed E-state index contributed by atoms with van der Waals surface area (Å²) in [6, 6.07) is 6.31. The summed E-state index contributed by atoms with van der Waals surface area (Å²) in [4.78, 5) is 7.10. The lowest BCUT2D eigenvalue weighted by atomic mass is 10.0. The largest absolute Gasteiger partial charge is 0.573 e. The first-order valence-corrected chi connectivity index (χ1v) is 11.2. The van der Waals surface area contributed by atoms with E-state index in [1.54, 1.807) is 0 Å². The maximum absolute atomic E-state index is 12.3. The van der Waals surface area contributed by atoms with Gasteiger partial charge in [0.25, 0.3) is 0 Å². The Morgan fingerprint density at radius 1 is 1.16 bits per heavy atom. The number of aliphatic hydroxyl groups excluding tert-OH is 1. The second-order valence-electron chi connectivity index (χ2n) is 8.25. The summed E-state index contributed by atoms with van der Waals surface area (Å²) < 4.78 is 40.7. The van der Waals surface area contributed by atoms with Crippen LogP contribution in [0.1, 0.15) is 57.1 Å². The molecule has 3 rings (SSSR count). The van der Waals surface area contributed by atoms with E-state index in [-0.39, 0.29) is 36.3 Å². The lowest BCUT2D eigenvalue weighted by molar-refractivity contribution is -0.274. The molecule has 32 heavy (non-hydrogen) atoms. The molecule has 1 heterocycles. The molecule has 1 aliphatic heterocycles. The molecule has 1 aliphatic carbocycles. The number of hydrogen-bond acceptors (Lipinski definition) is 4. The molecule has 1 aromatic rings. The van der Waals surface area contributed by atoms with Crippen LogP contribution in [0.3, 0.4) is 0 Å². The van der Waals surface area contributed by atoms with Gasteiger partial charge in [-0.3, -0.25) is 4.99 Å². The van der Waals surface area contributed by atoms with Gasteiger partial charge in [-0.25, -0.2) is 0 Å². The Morgan fingerprint density at radius 2 is 1.78 bits per heavy atom. The summed E-state index contributed by atoms with van der Waals surface area (Å²) in [6.45, 7) is 4.98. The van der Waals surface area contributed by atoms with Gasteiger partial charge in [0.2, 0.25) is 0 Å². The molecule has 3 N–H and O–H groups in total. The summed E-state index contributed by atoms with van der Waals surface area (Å²) >= 11 is 0. The number of nitrogens with one attached hydrogen (secondary N) is 2. The fraction of sp³-hybridized carbons (Fsp3) is 0.682. The Labute approximate surface area is 205 Å². The molecule has 0 bridgehead atoms. The topological polar surface area (TPSA) is 69.1 Å². The van der Waals surface area contributed by atoms with E-state index < -0.39 is 12.5 Å². The van der Waals surface area contributed by atoms with Crippen molar-refractivity contribution in [3.8, 4) is 5.75 Å². The summed E-state index contributed by atoms with van der Waals surface area (Å²) in [6.07, 6.45) is 1.81. The molecule has 2 aliphatic rings. The highest BCUT2D eigenvalue weighted by atomic mass is 127. The van der Waals surface area contributed by atoms with Crippen LogP contribution in [-0.2, 0) is 0 Å². The second kappa shape index (κ2) is 12.8. The summed E-state index contributed by atoms with van der Waals surface area (Å²) in [7, 11) is 0. The lowest BCUT2D eigenvalue weighted by Gasteiger charge is -2.36. The Hall–Kier alpha value is -1.27. The number of alkyl halides is 3. The molecule has 1 atom stereocenters. The number of aliphatic hydroxyl groups is 1. The van der Waals surface area contributed by atoms with Gasteiger partial charge in [-0.1, -0.05) is 25.0 Å². The zero-order valence-electron chi connectivity index (χ0n) is 18.4. The highest BCUT2D eigenvalue weighted by Gasteiger charge is 2.31. The van der Waals surface area contributed by atoms with E-state index in [0.29, 0.717) is 24.1 Å². The van der Waals surface area contributed by atoms with Crippen molar-refractivity contribution in [1.29, 1.82) is 0 Å². The van der Waals surface area contributed by atoms with Crippen LogP contribution in [0.5, 0.6) is 5.75 Å². The number of rotatable bonds is 7. The van der Waals surface area contributed by atoms with Crippen molar-refractivity contribution in [2.45, 2.75) is 70.0 Å². The molecule has 1 saturated carbocycles. The van der Waals surface area contributed by atoms with Crippen LogP contribution in [-0.4, -0.2) is 60.6 Å². The van der Waals surface area contributed by atoms with Crippen molar-refractivity contribution in [2.24, 2.45) is 4.99 Å². The number of nitrogens with zero attached hydrogens (tertiary/aromatic N) is 2. The minimum atomic E-state index is -4.73. The van der Waals surface area contributed by atoms with Crippen molar-refractivity contribution in [3.63, 3.8) is 0 Å². The molecule has 2 fully saturated rings. The Morgan fingerprint density at radius 3 is 2.34 bits per heavy atom. The molecular formula is C22H34F3IN4O2. The number of piperidine rings is 1. The SMILES string of the molecule is CCNC(=NCC(O)c1ccc(OC(F)(F)F)cc1)NC1CCN(C2CCCC2)CC1.I. The summed E-state index contributed by atoms with van der Waals surface area (Å²) in [5, 5.41) is 17.1. The molecule has 0 spiro atoms. The molecule has 1 unspecified atom stereocenters. The number of halogens is 4. The van der Waals surface area contributed by atoms with Crippen molar-refractivity contribution in [2.75, 3.05) is 26.2 Å². The van der Waals surface area contributed by atoms with E-state index in [0.717, 1.165) is 32.0 Å². The van der Waals surface area contributed by atoms with Crippen LogP contribution >= 0.6 is 24.0 Å². The van der Waals surface area contributed by atoms with Crippen LogP contribution in [0, 0.1) is 0 Å². The number of benzene rings is 1. The first-order chi connectivity index (χ1) is 14.8. The third-order valence-electron chi connectivity index (χ3n) is 5.98. The monoisotopic (exact) mass is 570 g/mol. The van der Waals surface area contributed by atoms with Crippen molar-refractivity contribution in [1.82, 2.24) is 15.5 Å². The van der Waals surface area contributed by atoms with Crippen molar-refractivity contribution >= 4 is 29.9 Å². The smallest absolute Gasteiger partial charge is 0.406 e. The number of hydrogen-bond donors (Lipinski definition) is 3. The Balaban J connectivity index is 0.00000363. The average molecular weight is 570 g/mol. The molecule has 0 aromatic heterocycles.